The average molecular weight is 347 g/mol. The monoisotopic (exact) mass is 347 g/mol. The highest BCUT2D eigenvalue weighted by Crippen LogP contribution is 2.32. The minimum Gasteiger partial charge on any atom is -0.329 e. The van der Waals surface area contributed by atoms with Gasteiger partial charge in [0, 0.05) is 26.1 Å². The molecular weight excluding hydrogens is 325 g/mol. The molecule has 0 bridgehead atoms. The lowest BCUT2D eigenvalue weighted by molar-refractivity contribution is -0.146. The fraction of sp³-hybridized carbons (Fsp3) is 0.500. The van der Waals surface area contributed by atoms with Crippen molar-refractivity contribution in [2.75, 3.05) is 6.54 Å². The van der Waals surface area contributed by atoms with E-state index in [9.17, 15) is 18.8 Å². The molecule has 2 fully saturated rings. The molecule has 6 nitrogen and oxygen atoms in total. The van der Waals surface area contributed by atoms with Crippen LogP contribution in [0.4, 0.5) is 9.18 Å². The van der Waals surface area contributed by atoms with Gasteiger partial charge in [-0.3, -0.25) is 14.5 Å². The molecule has 1 aromatic carbocycles. The molecule has 134 valence electrons. The largest absolute Gasteiger partial charge is 0.329 e. The molecule has 0 aromatic heterocycles. The van der Waals surface area contributed by atoms with Gasteiger partial charge in [-0.05, 0) is 38.0 Å². The lowest BCUT2D eigenvalue weighted by Gasteiger charge is -2.44. The van der Waals surface area contributed by atoms with E-state index in [1.54, 1.807) is 30.9 Å². The zero-order valence-electron chi connectivity index (χ0n) is 14.6. The van der Waals surface area contributed by atoms with E-state index >= 15 is 0 Å². The Morgan fingerprint density at radius 2 is 2.04 bits per heavy atom. The van der Waals surface area contributed by atoms with Crippen LogP contribution in [0, 0.1) is 5.82 Å². The van der Waals surface area contributed by atoms with Crippen LogP contribution in [0.15, 0.2) is 24.3 Å². The van der Waals surface area contributed by atoms with Crippen LogP contribution in [0.2, 0.25) is 0 Å². The summed E-state index contributed by atoms with van der Waals surface area (Å²) in [5.74, 6) is -0.870. The molecule has 2 unspecified atom stereocenters. The number of benzene rings is 1. The Balaban J connectivity index is 1.96. The van der Waals surface area contributed by atoms with Crippen molar-refractivity contribution in [3.05, 3.63) is 35.6 Å². The smallest absolute Gasteiger partial charge is 0.327 e. The van der Waals surface area contributed by atoms with Crippen LogP contribution < -0.4 is 0 Å². The number of nitrogens with zero attached hydrogens (tertiary/aromatic N) is 3. The molecule has 2 saturated heterocycles. The van der Waals surface area contributed by atoms with Crippen molar-refractivity contribution in [3.8, 4) is 0 Å². The third-order valence-corrected chi connectivity index (χ3v) is 4.87. The van der Waals surface area contributed by atoms with Gasteiger partial charge >= 0.3 is 6.03 Å². The summed E-state index contributed by atoms with van der Waals surface area (Å²) in [4.78, 5) is 42.0. The molecule has 0 saturated carbocycles. The van der Waals surface area contributed by atoms with Crippen LogP contribution in [0.5, 0.6) is 0 Å². The Bertz CT molecular complexity index is 721. The molecule has 0 aliphatic carbocycles. The van der Waals surface area contributed by atoms with Gasteiger partial charge in [-0.2, -0.15) is 0 Å². The van der Waals surface area contributed by atoms with E-state index in [1.165, 1.54) is 28.9 Å². The number of imide groups is 1. The van der Waals surface area contributed by atoms with Crippen LogP contribution in [-0.2, 0) is 16.1 Å². The number of urea groups is 1. The number of carbonyl (C=O) groups excluding carboxylic acids is 3. The van der Waals surface area contributed by atoms with Crippen LogP contribution in [0.3, 0.4) is 0 Å². The highest BCUT2D eigenvalue weighted by molar-refractivity contribution is 6.02. The molecule has 2 heterocycles. The number of hydrogen-bond acceptors (Lipinski definition) is 3. The first-order chi connectivity index (χ1) is 11.8. The molecule has 0 N–H and O–H groups in total. The first kappa shape index (κ1) is 17.4. The first-order valence-electron chi connectivity index (χ1n) is 8.46. The van der Waals surface area contributed by atoms with E-state index in [0.717, 1.165) is 0 Å². The standard InChI is InChI=1S/C18H22FN3O3/c1-11(2)22-17(24)16-15(7-8-20(16)12(3)23)21(18(22)25)10-13-5-4-6-14(19)9-13/h4-6,9,11,15-16H,7-8,10H2,1-3H3. The molecule has 1 aromatic rings. The summed E-state index contributed by atoms with van der Waals surface area (Å²) >= 11 is 0. The van der Waals surface area contributed by atoms with E-state index in [4.69, 9.17) is 0 Å². The maximum Gasteiger partial charge on any atom is 0.327 e. The molecule has 25 heavy (non-hydrogen) atoms. The predicted molar refractivity (Wildman–Crippen MR) is 88.9 cm³/mol. The first-order valence-corrected chi connectivity index (χ1v) is 8.46. The third kappa shape index (κ3) is 2.99. The van der Waals surface area contributed by atoms with Crippen molar-refractivity contribution in [1.29, 1.82) is 0 Å². The molecule has 2 aliphatic rings. The zero-order valence-corrected chi connectivity index (χ0v) is 14.6. The second-order valence-electron chi connectivity index (χ2n) is 6.86. The number of likely N-dealkylation sites (tertiary alicyclic amines) is 1. The Hall–Kier alpha value is -2.44. The Morgan fingerprint density at radius 3 is 2.64 bits per heavy atom. The Morgan fingerprint density at radius 1 is 1.32 bits per heavy atom. The van der Waals surface area contributed by atoms with E-state index in [2.05, 4.69) is 0 Å². The summed E-state index contributed by atoms with van der Waals surface area (Å²) in [5.41, 5.74) is 0.659. The average Bonchev–Trinajstić information content (AvgIpc) is 2.96. The fourth-order valence-corrected chi connectivity index (χ4v) is 3.76. The van der Waals surface area contributed by atoms with Crippen molar-refractivity contribution in [2.45, 2.75) is 51.9 Å². The van der Waals surface area contributed by atoms with Gasteiger partial charge in [0.15, 0.2) is 0 Å². The summed E-state index contributed by atoms with van der Waals surface area (Å²) in [6.45, 7) is 5.62. The second kappa shape index (κ2) is 6.46. The Kier molecular flexibility index (Phi) is 4.49. The molecule has 3 rings (SSSR count). The summed E-state index contributed by atoms with van der Waals surface area (Å²) in [6, 6.07) is 4.35. The van der Waals surface area contributed by atoms with Crippen molar-refractivity contribution < 1.29 is 18.8 Å². The molecule has 2 atom stereocenters. The molecule has 7 heteroatoms. The van der Waals surface area contributed by atoms with E-state index in [-0.39, 0.29) is 42.3 Å². The van der Waals surface area contributed by atoms with Gasteiger partial charge < -0.3 is 9.80 Å². The minimum absolute atomic E-state index is 0.176. The van der Waals surface area contributed by atoms with Crippen molar-refractivity contribution in [3.63, 3.8) is 0 Å². The molecule has 4 amide bonds. The quantitative estimate of drug-likeness (QED) is 0.840. The van der Waals surface area contributed by atoms with Crippen molar-refractivity contribution in [1.82, 2.24) is 14.7 Å². The van der Waals surface area contributed by atoms with Crippen LogP contribution in [-0.4, -0.2) is 57.2 Å². The summed E-state index contributed by atoms with van der Waals surface area (Å²) in [7, 11) is 0. The zero-order chi connectivity index (χ0) is 18.3. The summed E-state index contributed by atoms with van der Waals surface area (Å²) in [5, 5.41) is 0. The van der Waals surface area contributed by atoms with Crippen LogP contribution in [0.1, 0.15) is 32.8 Å². The van der Waals surface area contributed by atoms with Gasteiger partial charge in [0.1, 0.15) is 11.9 Å². The van der Waals surface area contributed by atoms with E-state index < -0.39 is 6.04 Å². The fourth-order valence-electron chi connectivity index (χ4n) is 3.76. The number of fused-ring (bicyclic) bond motifs is 1. The second-order valence-corrected chi connectivity index (χ2v) is 6.86. The minimum atomic E-state index is -0.661. The molecule has 2 aliphatic heterocycles. The molecular formula is C18H22FN3O3. The maximum absolute atomic E-state index is 13.5. The summed E-state index contributed by atoms with van der Waals surface area (Å²) in [6.07, 6.45) is 0.545. The Labute approximate surface area is 146 Å². The number of amides is 4. The summed E-state index contributed by atoms with van der Waals surface area (Å²) < 4.78 is 13.5. The normalized spacial score (nSPS) is 23.5. The van der Waals surface area contributed by atoms with Gasteiger partial charge in [0.05, 0.1) is 6.04 Å². The lowest BCUT2D eigenvalue weighted by atomic mass is 10.0. The van der Waals surface area contributed by atoms with Crippen molar-refractivity contribution >= 4 is 17.8 Å². The van der Waals surface area contributed by atoms with Gasteiger partial charge in [-0.15, -0.1) is 0 Å². The van der Waals surface area contributed by atoms with Gasteiger partial charge in [0.25, 0.3) is 5.91 Å². The van der Waals surface area contributed by atoms with E-state index in [0.29, 0.717) is 18.5 Å². The SMILES string of the molecule is CC(=O)N1CCC2C1C(=O)N(C(C)C)C(=O)N2Cc1cccc(F)c1. The number of hydrogen-bond donors (Lipinski definition) is 0. The number of rotatable bonds is 3. The highest BCUT2D eigenvalue weighted by Gasteiger charge is 2.53. The topological polar surface area (TPSA) is 60.9 Å². The molecule has 0 radical (unpaired) electrons. The van der Waals surface area contributed by atoms with Gasteiger partial charge in [0.2, 0.25) is 5.91 Å². The van der Waals surface area contributed by atoms with Gasteiger partial charge in [-0.1, -0.05) is 12.1 Å². The van der Waals surface area contributed by atoms with Crippen LogP contribution in [0.25, 0.3) is 0 Å². The number of carbonyl (C=O) groups is 3. The lowest BCUT2D eigenvalue weighted by Crippen LogP contribution is -2.66. The maximum atomic E-state index is 13.5. The van der Waals surface area contributed by atoms with Crippen molar-refractivity contribution in [2.24, 2.45) is 0 Å². The van der Waals surface area contributed by atoms with Gasteiger partial charge in [-0.25, -0.2) is 9.18 Å². The third-order valence-electron chi connectivity index (χ3n) is 4.87. The van der Waals surface area contributed by atoms with Crippen LogP contribution >= 0.6 is 0 Å². The van der Waals surface area contributed by atoms with E-state index in [1.807, 2.05) is 0 Å². The molecule has 0 spiro atoms. The predicted octanol–water partition coefficient (Wildman–Crippen LogP) is 1.99. The number of halogens is 1. The highest BCUT2D eigenvalue weighted by atomic mass is 19.1.